The van der Waals surface area contributed by atoms with Gasteiger partial charge in [0.25, 0.3) is 0 Å². The molecule has 0 aliphatic carbocycles. The summed E-state index contributed by atoms with van der Waals surface area (Å²) in [4.78, 5) is 0. The van der Waals surface area contributed by atoms with Crippen molar-refractivity contribution in [2.24, 2.45) is 0 Å². The third-order valence-corrected chi connectivity index (χ3v) is 2.78. The topological polar surface area (TPSA) is 38.7 Å². The summed E-state index contributed by atoms with van der Waals surface area (Å²) in [5.74, 6) is -0.494. The smallest absolute Gasteiger partial charge is 0.163 e. The fourth-order valence-corrected chi connectivity index (χ4v) is 1.97. The Bertz CT molecular complexity index is 223. The average molecular weight is 228 g/mol. The van der Waals surface area contributed by atoms with Gasteiger partial charge in [0.2, 0.25) is 0 Å². The van der Waals surface area contributed by atoms with Crippen molar-refractivity contribution in [3.8, 4) is 0 Å². The van der Waals surface area contributed by atoms with E-state index >= 15 is 0 Å². The molecule has 3 heteroatoms. The molecule has 1 heterocycles. The summed E-state index contributed by atoms with van der Waals surface area (Å²) in [6.07, 6.45) is 7.29. The molecule has 2 atom stereocenters. The number of ether oxygens (including phenoxy) is 2. The van der Waals surface area contributed by atoms with E-state index in [1.54, 1.807) is 0 Å². The van der Waals surface area contributed by atoms with Gasteiger partial charge in [-0.15, -0.1) is 0 Å². The van der Waals surface area contributed by atoms with E-state index in [2.05, 4.69) is 6.08 Å². The number of aliphatic hydroxyl groups excluding tert-OH is 1. The minimum Gasteiger partial charge on any atom is -0.393 e. The van der Waals surface area contributed by atoms with E-state index < -0.39 is 5.79 Å². The molecular weight excluding hydrogens is 204 g/mol. The molecule has 1 fully saturated rings. The van der Waals surface area contributed by atoms with Gasteiger partial charge in [0, 0.05) is 0 Å². The number of allylic oxidation sites excluding steroid dienone is 2. The summed E-state index contributed by atoms with van der Waals surface area (Å²) in [7, 11) is 0. The minimum absolute atomic E-state index is 0.129. The Morgan fingerprint density at radius 3 is 2.88 bits per heavy atom. The zero-order chi connectivity index (χ0) is 12.0. The van der Waals surface area contributed by atoms with Crippen molar-refractivity contribution in [3.63, 3.8) is 0 Å². The summed E-state index contributed by atoms with van der Waals surface area (Å²) in [5.41, 5.74) is 0. The molecule has 94 valence electrons. The predicted molar refractivity (Wildman–Crippen MR) is 64.2 cm³/mol. The van der Waals surface area contributed by atoms with Gasteiger partial charge in [0.1, 0.15) is 0 Å². The van der Waals surface area contributed by atoms with E-state index in [9.17, 15) is 5.11 Å². The summed E-state index contributed by atoms with van der Waals surface area (Å²) in [6, 6.07) is 0. The van der Waals surface area contributed by atoms with Crippen molar-refractivity contribution in [2.75, 3.05) is 6.61 Å². The average Bonchev–Trinajstić information content (AvgIpc) is 2.16. The maximum Gasteiger partial charge on any atom is 0.163 e. The Hall–Kier alpha value is -0.380. The SMILES string of the molecule is C/C=C/CCC(O)CC1CCOC(C)(C)O1. The number of hydrogen-bond donors (Lipinski definition) is 1. The van der Waals surface area contributed by atoms with Crippen LogP contribution in [0.4, 0.5) is 0 Å². The van der Waals surface area contributed by atoms with Crippen molar-refractivity contribution in [2.45, 2.75) is 64.4 Å². The van der Waals surface area contributed by atoms with Gasteiger partial charge in [-0.25, -0.2) is 0 Å². The fraction of sp³-hybridized carbons (Fsp3) is 0.846. The van der Waals surface area contributed by atoms with Gasteiger partial charge in [0.15, 0.2) is 5.79 Å². The maximum atomic E-state index is 9.84. The lowest BCUT2D eigenvalue weighted by molar-refractivity contribution is -0.276. The molecule has 0 spiro atoms. The third kappa shape index (κ3) is 5.10. The van der Waals surface area contributed by atoms with Gasteiger partial charge in [0.05, 0.1) is 18.8 Å². The molecule has 1 aliphatic rings. The van der Waals surface area contributed by atoms with Gasteiger partial charge in [-0.05, 0) is 46.5 Å². The van der Waals surface area contributed by atoms with E-state index in [4.69, 9.17) is 9.47 Å². The molecule has 1 rings (SSSR count). The van der Waals surface area contributed by atoms with E-state index in [1.165, 1.54) is 0 Å². The van der Waals surface area contributed by atoms with Crippen LogP contribution in [0, 0.1) is 0 Å². The van der Waals surface area contributed by atoms with Crippen LogP contribution in [0.2, 0.25) is 0 Å². The second-order valence-corrected chi connectivity index (χ2v) is 4.81. The van der Waals surface area contributed by atoms with Crippen LogP contribution < -0.4 is 0 Å². The molecule has 0 bridgehead atoms. The number of aliphatic hydroxyl groups is 1. The molecule has 1 aliphatic heterocycles. The van der Waals surface area contributed by atoms with Crippen molar-refractivity contribution in [1.29, 1.82) is 0 Å². The highest BCUT2D eigenvalue weighted by Crippen LogP contribution is 2.25. The lowest BCUT2D eigenvalue weighted by Crippen LogP contribution is -2.41. The summed E-state index contributed by atoms with van der Waals surface area (Å²) in [5, 5.41) is 9.84. The zero-order valence-electron chi connectivity index (χ0n) is 10.6. The number of rotatable bonds is 5. The van der Waals surface area contributed by atoms with Gasteiger partial charge >= 0.3 is 0 Å². The van der Waals surface area contributed by atoms with E-state index in [0.717, 1.165) is 25.9 Å². The molecule has 16 heavy (non-hydrogen) atoms. The minimum atomic E-state index is -0.494. The lowest BCUT2D eigenvalue weighted by atomic mass is 10.0. The zero-order valence-corrected chi connectivity index (χ0v) is 10.6. The fourth-order valence-electron chi connectivity index (χ4n) is 1.97. The Morgan fingerprint density at radius 2 is 2.25 bits per heavy atom. The van der Waals surface area contributed by atoms with Crippen molar-refractivity contribution >= 4 is 0 Å². The van der Waals surface area contributed by atoms with Crippen molar-refractivity contribution < 1.29 is 14.6 Å². The summed E-state index contributed by atoms with van der Waals surface area (Å²) < 4.78 is 11.2. The second kappa shape index (κ2) is 6.38. The van der Waals surface area contributed by atoms with Crippen LogP contribution in [0.1, 0.15) is 46.5 Å². The molecular formula is C13H24O3. The van der Waals surface area contributed by atoms with Gasteiger partial charge in [-0.1, -0.05) is 12.2 Å². The molecule has 0 aromatic heterocycles. The Morgan fingerprint density at radius 1 is 1.50 bits per heavy atom. The van der Waals surface area contributed by atoms with Crippen LogP contribution in [0.5, 0.6) is 0 Å². The molecule has 0 radical (unpaired) electrons. The molecule has 1 N–H and O–H groups in total. The Kier molecular flexibility index (Phi) is 5.46. The monoisotopic (exact) mass is 228 g/mol. The van der Waals surface area contributed by atoms with E-state index in [0.29, 0.717) is 6.42 Å². The molecule has 0 amide bonds. The molecule has 2 unspecified atom stereocenters. The highest BCUT2D eigenvalue weighted by Gasteiger charge is 2.30. The Labute approximate surface area is 98.4 Å². The first-order chi connectivity index (χ1) is 7.53. The van der Waals surface area contributed by atoms with Crippen LogP contribution in [-0.2, 0) is 9.47 Å². The standard InChI is InChI=1S/C13H24O3/c1-4-5-6-7-11(14)10-12-8-9-15-13(2,3)16-12/h4-5,11-12,14H,6-10H2,1-3H3/b5-4+. The highest BCUT2D eigenvalue weighted by atomic mass is 16.7. The van der Waals surface area contributed by atoms with Crippen LogP contribution in [0.25, 0.3) is 0 Å². The van der Waals surface area contributed by atoms with Crippen molar-refractivity contribution in [1.82, 2.24) is 0 Å². The van der Waals surface area contributed by atoms with Crippen LogP contribution in [0.15, 0.2) is 12.2 Å². The molecule has 1 saturated heterocycles. The van der Waals surface area contributed by atoms with Gasteiger partial charge in [-0.2, -0.15) is 0 Å². The summed E-state index contributed by atoms with van der Waals surface area (Å²) in [6.45, 7) is 6.56. The summed E-state index contributed by atoms with van der Waals surface area (Å²) >= 11 is 0. The van der Waals surface area contributed by atoms with E-state index in [-0.39, 0.29) is 12.2 Å². The first-order valence-electron chi connectivity index (χ1n) is 6.14. The first-order valence-corrected chi connectivity index (χ1v) is 6.14. The van der Waals surface area contributed by atoms with Crippen LogP contribution >= 0.6 is 0 Å². The second-order valence-electron chi connectivity index (χ2n) is 4.81. The largest absolute Gasteiger partial charge is 0.393 e. The Balaban J connectivity index is 2.25. The van der Waals surface area contributed by atoms with E-state index in [1.807, 2.05) is 26.8 Å². The predicted octanol–water partition coefficient (Wildman–Crippen LogP) is 2.64. The molecule has 0 saturated carbocycles. The van der Waals surface area contributed by atoms with Crippen molar-refractivity contribution in [3.05, 3.63) is 12.2 Å². The van der Waals surface area contributed by atoms with Crippen LogP contribution in [-0.4, -0.2) is 29.7 Å². The molecule has 0 aromatic rings. The maximum absolute atomic E-state index is 9.84. The quantitative estimate of drug-likeness (QED) is 0.735. The normalized spacial score (nSPS) is 27.1. The molecule has 0 aromatic carbocycles. The van der Waals surface area contributed by atoms with Crippen LogP contribution in [0.3, 0.4) is 0 Å². The van der Waals surface area contributed by atoms with Gasteiger partial charge < -0.3 is 14.6 Å². The van der Waals surface area contributed by atoms with Gasteiger partial charge in [-0.3, -0.25) is 0 Å². The lowest BCUT2D eigenvalue weighted by Gasteiger charge is -2.36. The highest BCUT2D eigenvalue weighted by molar-refractivity contribution is 4.79. The first kappa shape index (κ1) is 13.7. The third-order valence-electron chi connectivity index (χ3n) is 2.78. The molecule has 3 nitrogen and oxygen atoms in total. The number of hydrogen-bond acceptors (Lipinski definition) is 3.